The minimum atomic E-state index is -0.964. The van der Waals surface area contributed by atoms with Crippen molar-refractivity contribution in [2.24, 2.45) is 0 Å². The number of rotatable bonds is 3. The number of aromatic nitrogens is 2. The molecule has 84 valence electrons. The van der Waals surface area contributed by atoms with Gasteiger partial charge in [0.1, 0.15) is 5.52 Å². The highest BCUT2D eigenvalue weighted by atomic mass is 35.5. The number of fused-ring (bicyclic) bond motifs is 1. The quantitative estimate of drug-likeness (QED) is 0.836. The zero-order valence-electron chi connectivity index (χ0n) is 8.72. The van der Waals surface area contributed by atoms with Crippen LogP contribution in [0.3, 0.4) is 0 Å². The van der Waals surface area contributed by atoms with E-state index in [2.05, 4.69) is 4.98 Å². The molecule has 1 aromatic carbocycles. The molecule has 1 atom stereocenters. The molecule has 0 aliphatic rings. The van der Waals surface area contributed by atoms with Crippen LogP contribution in [-0.2, 0) is 0 Å². The Kier molecular flexibility index (Phi) is 2.83. The van der Waals surface area contributed by atoms with E-state index in [-0.39, 0.29) is 11.6 Å². The van der Waals surface area contributed by atoms with Crippen molar-refractivity contribution < 1.29 is 9.90 Å². The first-order valence-electron chi connectivity index (χ1n) is 4.90. The Hall–Kier alpha value is -1.55. The maximum atomic E-state index is 11.0. The molecule has 0 aliphatic carbocycles. The molecule has 1 unspecified atom stereocenters. The van der Waals surface area contributed by atoms with Gasteiger partial charge in [-0.25, -0.2) is 9.78 Å². The van der Waals surface area contributed by atoms with Crippen molar-refractivity contribution in [2.45, 2.75) is 13.0 Å². The number of halogens is 1. The van der Waals surface area contributed by atoms with Gasteiger partial charge in [-0.3, -0.25) is 0 Å². The van der Waals surface area contributed by atoms with Crippen LogP contribution in [0.5, 0.6) is 0 Å². The zero-order valence-corrected chi connectivity index (χ0v) is 9.48. The van der Waals surface area contributed by atoms with E-state index in [4.69, 9.17) is 16.7 Å². The largest absolute Gasteiger partial charge is 0.478 e. The highest BCUT2D eigenvalue weighted by Crippen LogP contribution is 2.21. The van der Waals surface area contributed by atoms with Crippen LogP contribution in [0, 0.1) is 0 Å². The predicted octanol–water partition coefficient (Wildman–Crippen LogP) is 2.53. The third-order valence-electron chi connectivity index (χ3n) is 2.53. The number of carboxylic acids is 1. The average Bonchev–Trinajstić information content (AvgIpc) is 2.71. The summed E-state index contributed by atoms with van der Waals surface area (Å²) in [7, 11) is 0. The first-order valence-corrected chi connectivity index (χ1v) is 5.43. The van der Waals surface area contributed by atoms with Crippen molar-refractivity contribution in [3.05, 3.63) is 30.1 Å². The second-order valence-electron chi connectivity index (χ2n) is 3.63. The second-order valence-corrected chi connectivity index (χ2v) is 3.94. The molecule has 4 nitrogen and oxygen atoms in total. The van der Waals surface area contributed by atoms with Crippen molar-refractivity contribution >= 4 is 28.6 Å². The summed E-state index contributed by atoms with van der Waals surface area (Å²) in [6.45, 7) is 1.96. The number of aromatic carboxylic acids is 1. The van der Waals surface area contributed by atoms with Crippen molar-refractivity contribution in [1.29, 1.82) is 0 Å². The number of benzene rings is 1. The predicted molar refractivity (Wildman–Crippen MR) is 62.1 cm³/mol. The minimum Gasteiger partial charge on any atom is -0.478 e. The zero-order chi connectivity index (χ0) is 11.7. The minimum absolute atomic E-state index is 0.0933. The van der Waals surface area contributed by atoms with Gasteiger partial charge in [0.05, 0.1) is 17.4 Å². The summed E-state index contributed by atoms with van der Waals surface area (Å²) in [6.07, 6.45) is 1.63. The summed E-state index contributed by atoms with van der Waals surface area (Å²) in [5.41, 5.74) is 1.53. The number of imidazole rings is 1. The van der Waals surface area contributed by atoms with E-state index in [0.717, 1.165) is 5.52 Å². The van der Waals surface area contributed by atoms with Crippen LogP contribution in [0.4, 0.5) is 0 Å². The number of nitrogens with zero attached hydrogens (tertiary/aromatic N) is 2. The lowest BCUT2D eigenvalue weighted by molar-refractivity contribution is 0.0699. The van der Waals surface area contributed by atoms with Gasteiger partial charge in [-0.05, 0) is 19.1 Å². The fourth-order valence-electron chi connectivity index (χ4n) is 1.66. The Morgan fingerprint density at radius 2 is 2.38 bits per heavy atom. The molecule has 1 N–H and O–H groups in total. The number of hydrogen-bond acceptors (Lipinski definition) is 2. The molecule has 2 aromatic rings. The lowest BCUT2D eigenvalue weighted by Gasteiger charge is -2.10. The Morgan fingerprint density at radius 1 is 1.62 bits per heavy atom. The summed E-state index contributed by atoms with van der Waals surface area (Å²) in [5.74, 6) is -0.502. The maximum absolute atomic E-state index is 11.0. The number of carboxylic acid groups (broad SMARTS) is 1. The van der Waals surface area contributed by atoms with Crippen molar-refractivity contribution in [1.82, 2.24) is 9.55 Å². The Morgan fingerprint density at radius 3 is 3.00 bits per heavy atom. The van der Waals surface area contributed by atoms with E-state index in [9.17, 15) is 4.79 Å². The molecule has 0 saturated carbocycles. The summed E-state index contributed by atoms with van der Waals surface area (Å²) in [6, 6.07) is 5.20. The number of hydrogen-bond donors (Lipinski definition) is 1. The van der Waals surface area contributed by atoms with E-state index in [0.29, 0.717) is 11.4 Å². The highest BCUT2D eigenvalue weighted by molar-refractivity contribution is 6.18. The van der Waals surface area contributed by atoms with Crippen molar-refractivity contribution in [3.8, 4) is 0 Å². The maximum Gasteiger partial charge on any atom is 0.337 e. The average molecular weight is 239 g/mol. The van der Waals surface area contributed by atoms with E-state index in [1.165, 1.54) is 0 Å². The van der Waals surface area contributed by atoms with Gasteiger partial charge in [0.15, 0.2) is 0 Å². The molecule has 0 aliphatic heterocycles. The van der Waals surface area contributed by atoms with Crippen LogP contribution in [0.1, 0.15) is 23.3 Å². The topological polar surface area (TPSA) is 55.1 Å². The monoisotopic (exact) mass is 238 g/mol. The molecule has 0 fully saturated rings. The van der Waals surface area contributed by atoms with Gasteiger partial charge < -0.3 is 9.67 Å². The van der Waals surface area contributed by atoms with Crippen molar-refractivity contribution in [2.75, 3.05) is 5.88 Å². The molecule has 1 aromatic heterocycles. The van der Waals surface area contributed by atoms with Gasteiger partial charge in [-0.2, -0.15) is 0 Å². The molecule has 0 amide bonds. The van der Waals surface area contributed by atoms with Gasteiger partial charge in [0.25, 0.3) is 0 Å². The molecule has 0 bridgehead atoms. The second kappa shape index (κ2) is 4.14. The lowest BCUT2D eigenvalue weighted by Crippen LogP contribution is -2.05. The van der Waals surface area contributed by atoms with Crippen LogP contribution in [0.2, 0.25) is 0 Å². The first kappa shape index (κ1) is 11.0. The lowest BCUT2D eigenvalue weighted by atomic mass is 10.2. The number of carbonyl (C=O) groups is 1. The molecule has 0 spiro atoms. The molecule has 1 heterocycles. The Labute approximate surface area is 97.5 Å². The SMILES string of the molecule is CC(CCl)n1cnc2c(C(=O)O)cccc21. The van der Waals surface area contributed by atoms with E-state index >= 15 is 0 Å². The number of para-hydroxylation sites is 1. The molecule has 2 rings (SSSR count). The Balaban J connectivity index is 2.66. The third kappa shape index (κ3) is 1.65. The first-order chi connectivity index (χ1) is 7.65. The van der Waals surface area contributed by atoms with Crippen LogP contribution in [0.25, 0.3) is 11.0 Å². The molecule has 0 radical (unpaired) electrons. The molecular formula is C11H11ClN2O2. The number of alkyl halides is 1. The van der Waals surface area contributed by atoms with E-state index < -0.39 is 5.97 Å². The van der Waals surface area contributed by atoms with E-state index in [1.807, 2.05) is 17.6 Å². The van der Waals surface area contributed by atoms with Crippen LogP contribution in [0.15, 0.2) is 24.5 Å². The molecule has 0 saturated heterocycles. The van der Waals surface area contributed by atoms with Crippen molar-refractivity contribution in [3.63, 3.8) is 0 Å². The summed E-state index contributed by atoms with van der Waals surface area (Å²) >= 11 is 5.78. The third-order valence-corrected chi connectivity index (χ3v) is 2.98. The van der Waals surface area contributed by atoms with Gasteiger partial charge in [-0.1, -0.05) is 6.07 Å². The van der Waals surface area contributed by atoms with Gasteiger partial charge in [0, 0.05) is 11.9 Å². The fraction of sp³-hybridized carbons (Fsp3) is 0.273. The van der Waals surface area contributed by atoms with E-state index in [1.54, 1.807) is 18.5 Å². The molecular weight excluding hydrogens is 228 g/mol. The van der Waals surface area contributed by atoms with Crippen LogP contribution < -0.4 is 0 Å². The van der Waals surface area contributed by atoms with Crippen LogP contribution in [-0.4, -0.2) is 26.5 Å². The summed E-state index contributed by atoms with van der Waals surface area (Å²) in [5, 5.41) is 9.01. The smallest absolute Gasteiger partial charge is 0.337 e. The summed E-state index contributed by atoms with van der Waals surface area (Å²) < 4.78 is 1.88. The van der Waals surface area contributed by atoms with Gasteiger partial charge in [-0.15, -0.1) is 11.6 Å². The molecule has 5 heteroatoms. The van der Waals surface area contributed by atoms with Gasteiger partial charge >= 0.3 is 5.97 Å². The fourth-order valence-corrected chi connectivity index (χ4v) is 1.80. The highest BCUT2D eigenvalue weighted by Gasteiger charge is 2.14. The summed E-state index contributed by atoms with van der Waals surface area (Å²) in [4.78, 5) is 15.1. The van der Waals surface area contributed by atoms with Crippen LogP contribution >= 0.6 is 11.6 Å². The van der Waals surface area contributed by atoms with Gasteiger partial charge in [0.2, 0.25) is 0 Å². The normalized spacial score (nSPS) is 12.9. The standard InChI is InChI=1S/C11H11ClN2O2/c1-7(5-12)14-6-13-10-8(11(15)16)3-2-4-9(10)14/h2-4,6-7H,5H2,1H3,(H,15,16). The molecule has 16 heavy (non-hydrogen) atoms. The Bertz CT molecular complexity index is 536.